The molecule has 5 nitrogen and oxygen atoms in total. The molecule has 0 aromatic heterocycles. The lowest BCUT2D eigenvalue weighted by Crippen LogP contribution is -2.47. The Morgan fingerprint density at radius 1 is 1.12 bits per heavy atom. The molecule has 4 rings (SSSR count). The van der Waals surface area contributed by atoms with Crippen molar-refractivity contribution in [2.24, 2.45) is 5.92 Å². The minimum absolute atomic E-state index is 0.180. The highest BCUT2D eigenvalue weighted by Crippen LogP contribution is 2.41. The Balaban J connectivity index is 1.57. The van der Waals surface area contributed by atoms with Gasteiger partial charge in [0, 0.05) is 19.5 Å². The molecule has 3 aliphatic rings. The third-order valence-electron chi connectivity index (χ3n) is 5.72. The molecule has 1 aromatic carbocycles. The van der Waals surface area contributed by atoms with Crippen LogP contribution in [-0.4, -0.2) is 22.6 Å². The molecule has 6 heteroatoms. The maximum atomic E-state index is 14.5. The van der Waals surface area contributed by atoms with Crippen molar-refractivity contribution < 1.29 is 18.8 Å². The number of hydrogen-bond donors (Lipinski definition) is 1. The van der Waals surface area contributed by atoms with Gasteiger partial charge in [-0.1, -0.05) is 18.9 Å². The number of rotatable bonds is 2. The number of nitrogens with one attached hydrogen (secondary N) is 1. The molecule has 1 aliphatic carbocycles. The smallest absolute Gasteiger partial charge is 0.239 e. The first kappa shape index (κ1) is 16.2. The van der Waals surface area contributed by atoms with Crippen molar-refractivity contribution in [2.75, 3.05) is 0 Å². The van der Waals surface area contributed by atoms with Gasteiger partial charge in [0.1, 0.15) is 11.7 Å². The molecule has 0 radical (unpaired) electrons. The summed E-state index contributed by atoms with van der Waals surface area (Å²) in [4.78, 5) is 37.6. The van der Waals surface area contributed by atoms with E-state index in [0.717, 1.165) is 42.4 Å². The van der Waals surface area contributed by atoms with Crippen LogP contribution in [-0.2, 0) is 27.5 Å². The summed E-state index contributed by atoms with van der Waals surface area (Å²) < 4.78 is 14.5. The lowest BCUT2D eigenvalue weighted by molar-refractivity contribution is -0.146. The molecule has 1 atom stereocenters. The van der Waals surface area contributed by atoms with Crippen LogP contribution in [0.3, 0.4) is 0 Å². The molecule has 2 heterocycles. The summed E-state index contributed by atoms with van der Waals surface area (Å²) in [5, 5.41) is 2.23. The summed E-state index contributed by atoms with van der Waals surface area (Å²) in [5.41, 5.74) is 2.67. The SMILES string of the molecule is O=C1CCC(C(=O)N2Cc3ccc(F)c(C4CCCC4)c3C2)C(=O)N1. The number of carbonyl (C=O) groups excluding carboxylic acids is 3. The van der Waals surface area contributed by atoms with E-state index in [9.17, 15) is 18.8 Å². The monoisotopic (exact) mass is 344 g/mol. The predicted molar refractivity (Wildman–Crippen MR) is 87.7 cm³/mol. The summed E-state index contributed by atoms with van der Waals surface area (Å²) in [7, 11) is 0. The Hall–Kier alpha value is -2.24. The van der Waals surface area contributed by atoms with Crippen LogP contribution in [0.5, 0.6) is 0 Å². The van der Waals surface area contributed by atoms with Crippen molar-refractivity contribution in [1.82, 2.24) is 10.2 Å². The molecule has 1 unspecified atom stereocenters. The summed E-state index contributed by atoms with van der Waals surface area (Å²) >= 11 is 0. The quantitative estimate of drug-likeness (QED) is 0.662. The van der Waals surface area contributed by atoms with E-state index in [2.05, 4.69) is 5.32 Å². The first-order valence-corrected chi connectivity index (χ1v) is 8.97. The lowest BCUT2D eigenvalue weighted by Gasteiger charge is -2.25. The molecule has 0 spiro atoms. The number of carbonyl (C=O) groups is 3. The number of fused-ring (bicyclic) bond motifs is 1. The van der Waals surface area contributed by atoms with Crippen molar-refractivity contribution in [3.05, 3.63) is 34.6 Å². The van der Waals surface area contributed by atoms with Crippen molar-refractivity contribution in [1.29, 1.82) is 0 Å². The van der Waals surface area contributed by atoms with E-state index in [1.165, 1.54) is 6.07 Å². The number of nitrogens with zero attached hydrogens (tertiary/aromatic N) is 1. The van der Waals surface area contributed by atoms with Crippen LogP contribution in [0.15, 0.2) is 12.1 Å². The fourth-order valence-electron chi connectivity index (χ4n) is 4.43. The second-order valence-corrected chi connectivity index (χ2v) is 7.28. The van der Waals surface area contributed by atoms with Gasteiger partial charge in [0.05, 0.1) is 0 Å². The van der Waals surface area contributed by atoms with E-state index in [0.29, 0.717) is 13.1 Å². The molecule has 1 saturated heterocycles. The maximum absolute atomic E-state index is 14.5. The second kappa shape index (κ2) is 6.24. The van der Waals surface area contributed by atoms with E-state index in [1.807, 2.05) is 0 Å². The summed E-state index contributed by atoms with van der Waals surface area (Å²) in [6.07, 6.45) is 4.66. The normalized spacial score (nSPS) is 23.7. The van der Waals surface area contributed by atoms with E-state index >= 15 is 0 Å². The zero-order valence-electron chi connectivity index (χ0n) is 14.0. The first-order chi connectivity index (χ1) is 12.0. The highest BCUT2D eigenvalue weighted by molar-refractivity contribution is 6.08. The fourth-order valence-corrected chi connectivity index (χ4v) is 4.43. The van der Waals surface area contributed by atoms with Crippen LogP contribution >= 0.6 is 0 Å². The standard InChI is InChI=1S/C19H21FN2O3/c20-15-7-5-12-9-22(10-14(12)17(15)11-3-1-2-4-11)19(25)13-6-8-16(23)21-18(13)24/h5,7,11,13H,1-4,6,8-10H2,(H,21,23,24). The zero-order chi connectivity index (χ0) is 17.6. The minimum Gasteiger partial charge on any atom is -0.333 e. The van der Waals surface area contributed by atoms with Crippen LogP contribution in [0.25, 0.3) is 0 Å². The van der Waals surface area contributed by atoms with Crippen molar-refractivity contribution in [3.63, 3.8) is 0 Å². The van der Waals surface area contributed by atoms with Gasteiger partial charge in [0.2, 0.25) is 17.7 Å². The number of benzene rings is 1. The topological polar surface area (TPSA) is 66.5 Å². The zero-order valence-corrected chi connectivity index (χ0v) is 14.0. The predicted octanol–water partition coefficient (Wildman–Crippen LogP) is 2.38. The van der Waals surface area contributed by atoms with Crippen molar-refractivity contribution in [2.45, 2.75) is 57.5 Å². The van der Waals surface area contributed by atoms with Gasteiger partial charge in [-0.3, -0.25) is 19.7 Å². The highest BCUT2D eigenvalue weighted by atomic mass is 19.1. The number of amides is 3. The van der Waals surface area contributed by atoms with Crippen LogP contribution in [0.2, 0.25) is 0 Å². The molecule has 25 heavy (non-hydrogen) atoms. The van der Waals surface area contributed by atoms with Crippen molar-refractivity contribution in [3.8, 4) is 0 Å². The third-order valence-corrected chi connectivity index (χ3v) is 5.72. The number of halogens is 1. The van der Waals surface area contributed by atoms with Gasteiger partial charge in [0.25, 0.3) is 0 Å². The number of imide groups is 1. The van der Waals surface area contributed by atoms with E-state index in [1.54, 1.807) is 11.0 Å². The van der Waals surface area contributed by atoms with Gasteiger partial charge in [-0.15, -0.1) is 0 Å². The molecule has 2 fully saturated rings. The Morgan fingerprint density at radius 2 is 1.88 bits per heavy atom. The number of piperidine rings is 1. The Labute approximate surface area is 145 Å². The maximum Gasteiger partial charge on any atom is 0.239 e. The van der Waals surface area contributed by atoms with E-state index in [4.69, 9.17) is 0 Å². The molecule has 132 valence electrons. The Morgan fingerprint density at radius 3 is 2.60 bits per heavy atom. The van der Waals surface area contributed by atoms with Gasteiger partial charge < -0.3 is 4.90 Å². The molecule has 1 N–H and O–H groups in total. The first-order valence-electron chi connectivity index (χ1n) is 8.97. The van der Waals surface area contributed by atoms with Gasteiger partial charge in [-0.05, 0) is 47.9 Å². The number of hydrogen-bond acceptors (Lipinski definition) is 3. The molecular formula is C19H21FN2O3. The molecule has 1 saturated carbocycles. The lowest BCUT2D eigenvalue weighted by atomic mass is 9.90. The highest BCUT2D eigenvalue weighted by Gasteiger charge is 2.38. The average molecular weight is 344 g/mol. The van der Waals surface area contributed by atoms with E-state index in [-0.39, 0.29) is 36.4 Å². The second-order valence-electron chi connectivity index (χ2n) is 7.28. The molecule has 1 aromatic rings. The van der Waals surface area contributed by atoms with Crippen LogP contribution in [0, 0.1) is 11.7 Å². The molecular weight excluding hydrogens is 323 g/mol. The Bertz CT molecular complexity index is 755. The summed E-state index contributed by atoms with van der Waals surface area (Å²) in [6.45, 7) is 0.765. The van der Waals surface area contributed by atoms with Gasteiger partial charge >= 0.3 is 0 Å². The molecule has 2 aliphatic heterocycles. The largest absolute Gasteiger partial charge is 0.333 e. The van der Waals surface area contributed by atoms with Crippen LogP contribution < -0.4 is 5.32 Å². The summed E-state index contributed by atoms with van der Waals surface area (Å²) in [6, 6.07) is 3.26. The van der Waals surface area contributed by atoms with E-state index < -0.39 is 11.8 Å². The van der Waals surface area contributed by atoms with Gasteiger partial charge in [-0.2, -0.15) is 0 Å². The average Bonchev–Trinajstić information content (AvgIpc) is 3.23. The Kier molecular flexibility index (Phi) is 4.06. The van der Waals surface area contributed by atoms with Gasteiger partial charge in [-0.25, -0.2) is 4.39 Å². The van der Waals surface area contributed by atoms with Crippen molar-refractivity contribution >= 4 is 17.7 Å². The van der Waals surface area contributed by atoms with Crippen LogP contribution in [0.1, 0.15) is 61.1 Å². The minimum atomic E-state index is -0.813. The summed E-state index contributed by atoms with van der Waals surface area (Å²) in [5.74, 6) is -1.86. The fraction of sp³-hybridized carbons (Fsp3) is 0.526. The third kappa shape index (κ3) is 2.83. The molecule has 0 bridgehead atoms. The van der Waals surface area contributed by atoms with Gasteiger partial charge in [0.15, 0.2) is 0 Å². The molecule has 3 amide bonds. The van der Waals surface area contributed by atoms with Crippen LogP contribution in [0.4, 0.5) is 4.39 Å².